The van der Waals surface area contributed by atoms with Crippen LogP contribution in [0.2, 0.25) is 5.02 Å². The van der Waals surface area contributed by atoms with Gasteiger partial charge in [-0.15, -0.1) is 0 Å². The molecule has 2 N–H and O–H groups in total. The SMILES string of the molecule is Cc1ccc(Cl)c(C)c1Nc1cc(C(F)(F)F)nc(NC2CCCCC2)n1. The Hall–Kier alpha value is -2.02. The largest absolute Gasteiger partial charge is 0.433 e. The van der Waals surface area contributed by atoms with E-state index in [1.54, 1.807) is 6.07 Å². The van der Waals surface area contributed by atoms with Crippen LogP contribution in [0.3, 0.4) is 0 Å². The van der Waals surface area contributed by atoms with Crippen molar-refractivity contribution in [3.8, 4) is 0 Å². The number of nitrogens with one attached hydrogen (secondary N) is 2. The molecule has 1 saturated carbocycles. The van der Waals surface area contributed by atoms with Crippen LogP contribution in [0.5, 0.6) is 0 Å². The molecule has 0 atom stereocenters. The van der Waals surface area contributed by atoms with Gasteiger partial charge < -0.3 is 10.6 Å². The first-order valence-electron chi connectivity index (χ1n) is 8.99. The monoisotopic (exact) mass is 398 g/mol. The Balaban J connectivity index is 1.94. The summed E-state index contributed by atoms with van der Waals surface area (Å²) in [5.41, 5.74) is 1.30. The molecule has 1 fully saturated rings. The molecular formula is C19H22ClF3N4. The lowest BCUT2D eigenvalue weighted by Gasteiger charge is -2.23. The number of hydrogen-bond acceptors (Lipinski definition) is 4. The predicted octanol–water partition coefficient (Wildman–Crippen LogP) is 6.25. The number of hydrogen-bond donors (Lipinski definition) is 2. The highest BCUT2D eigenvalue weighted by Gasteiger charge is 2.34. The summed E-state index contributed by atoms with van der Waals surface area (Å²) in [4.78, 5) is 7.96. The maximum atomic E-state index is 13.3. The number of anilines is 3. The highest BCUT2D eigenvalue weighted by Crippen LogP contribution is 2.33. The Morgan fingerprint density at radius 2 is 1.78 bits per heavy atom. The summed E-state index contributed by atoms with van der Waals surface area (Å²) in [7, 11) is 0. The summed E-state index contributed by atoms with van der Waals surface area (Å²) in [5, 5.41) is 6.60. The summed E-state index contributed by atoms with van der Waals surface area (Å²) >= 11 is 6.15. The smallest absolute Gasteiger partial charge is 0.351 e. The number of rotatable bonds is 4. The van der Waals surface area contributed by atoms with E-state index in [0.717, 1.165) is 49.3 Å². The average molecular weight is 399 g/mol. The molecule has 0 unspecified atom stereocenters. The first-order valence-corrected chi connectivity index (χ1v) is 9.37. The maximum Gasteiger partial charge on any atom is 0.433 e. The second kappa shape index (κ2) is 7.92. The molecule has 1 aromatic heterocycles. The van der Waals surface area contributed by atoms with E-state index >= 15 is 0 Å². The molecule has 1 aliphatic rings. The number of halogens is 4. The molecule has 1 aromatic carbocycles. The Morgan fingerprint density at radius 3 is 2.44 bits per heavy atom. The van der Waals surface area contributed by atoms with Crippen molar-refractivity contribution in [2.75, 3.05) is 10.6 Å². The van der Waals surface area contributed by atoms with E-state index in [2.05, 4.69) is 20.6 Å². The Morgan fingerprint density at radius 1 is 1.07 bits per heavy atom. The Bertz CT molecular complexity index is 817. The van der Waals surface area contributed by atoms with E-state index in [1.165, 1.54) is 0 Å². The number of alkyl halides is 3. The summed E-state index contributed by atoms with van der Waals surface area (Å²) in [6.45, 7) is 3.67. The third kappa shape index (κ3) is 4.83. The third-order valence-corrected chi connectivity index (χ3v) is 5.22. The van der Waals surface area contributed by atoms with Gasteiger partial charge in [-0.25, -0.2) is 4.98 Å². The van der Waals surface area contributed by atoms with Gasteiger partial charge in [0.05, 0.1) is 0 Å². The number of benzene rings is 1. The zero-order valence-corrected chi connectivity index (χ0v) is 16.0. The lowest BCUT2D eigenvalue weighted by Crippen LogP contribution is -2.24. The van der Waals surface area contributed by atoms with Gasteiger partial charge in [0, 0.05) is 22.8 Å². The fourth-order valence-corrected chi connectivity index (χ4v) is 3.45. The van der Waals surface area contributed by atoms with Crippen molar-refractivity contribution in [3.05, 3.63) is 40.0 Å². The molecule has 0 bridgehead atoms. The minimum Gasteiger partial charge on any atom is -0.351 e. The number of aryl methyl sites for hydroxylation is 1. The molecule has 2 aromatic rings. The van der Waals surface area contributed by atoms with Gasteiger partial charge in [-0.2, -0.15) is 18.2 Å². The Kier molecular flexibility index (Phi) is 5.79. The van der Waals surface area contributed by atoms with Crippen LogP contribution in [-0.2, 0) is 6.18 Å². The lowest BCUT2D eigenvalue weighted by atomic mass is 9.96. The van der Waals surface area contributed by atoms with Gasteiger partial charge in [0.1, 0.15) is 5.82 Å². The fourth-order valence-electron chi connectivity index (χ4n) is 3.29. The first-order chi connectivity index (χ1) is 12.7. The quantitative estimate of drug-likeness (QED) is 0.638. The predicted molar refractivity (Wildman–Crippen MR) is 102 cm³/mol. The Labute approximate surface area is 161 Å². The molecule has 27 heavy (non-hydrogen) atoms. The first kappa shape index (κ1) is 19.7. The molecule has 0 radical (unpaired) electrons. The molecule has 0 saturated heterocycles. The summed E-state index contributed by atoms with van der Waals surface area (Å²) in [6, 6.07) is 4.59. The van der Waals surface area contributed by atoms with Gasteiger partial charge in [-0.05, 0) is 43.9 Å². The lowest BCUT2D eigenvalue weighted by molar-refractivity contribution is -0.141. The van der Waals surface area contributed by atoms with E-state index in [9.17, 15) is 13.2 Å². The van der Waals surface area contributed by atoms with Gasteiger partial charge in [-0.3, -0.25) is 0 Å². The van der Waals surface area contributed by atoms with Crippen LogP contribution in [0, 0.1) is 13.8 Å². The van der Waals surface area contributed by atoms with E-state index < -0.39 is 11.9 Å². The van der Waals surface area contributed by atoms with E-state index in [4.69, 9.17) is 11.6 Å². The summed E-state index contributed by atoms with van der Waals surface area (Å²) in [5.74, 6) is 0.0839. The van der Waals surface area contributed by atoms with Gasteiger partial charge in [0.2, 0.25) is 5.95 Å². The van der Waals surface area contributed by atoms with Gasteiger partial charge in [0.25, 0.3) is 0 Å². The molecule has 0 aliphatic heterocycles. The van der Waals surface area contributed by atoms with Crippen molar-refractivity contribution in [1.29, 1.82) is 0 Å². The van der Waals surface area contributed by atoms with Crippen LogP contribution in [0.1, 0.15) is 48.9 Å². The van der Waals surface area contributed by atoms with Crippen molar-refractivity contribution in [3.63, 3.8) is 0 Å². The molecule has 8 heteroatoms. The average Bonchev–Trinajstić information content (AvgIpc) is 2.62. The van der Waals surface area contributed by atoms with Crippen molar-refractivity contribution in [2.45, 2.75) is 58.2 Å². The van der Waals surface area contributed by atoms with Gasteiger partial charge in [-0.1, -0.05) is 36.9 Å². The summed E-state index contributed by atoms with van der Waals surface area (Å²) < 4.78 is 40.0. The molecule has 3 rings (SSSR count). The van der Waals surface area contributed by atoms with Crippen LogP contribution in [0.15, 0.2) is 18.2 Å². The summed E-state index contributed by atoms with van der Waals surface area (Å²) in [6.07, 6.45) is 0.539. The molecule has 0 spiro atoms. The van der Waals surface area contributed by atoms with E-state index in [-0.39, 0.29) is 17.8 Å². The minimum absolute atomic E-state index is 0.00319. The van der Waals surface area contributed by atoms with Crippen molar-refractivity contribution in [1.82, 2.24) is 9.97 Å². The van der Waals surface area contributed by atoms with Crippen LogP contribution < -0.4 is 10.6 Å². The van der Waals surface area contributed by atoms with Crippen LogP contribution in [0.4, 0.5) is 30.6 Å². The van der Waals surface area contributed by atoms with Crippen molar-refractivity contribution >= 4 is 29.1 Å². The second-order valence-corrected chi connectivity index (χ2v) is 7.34. The molecule has 1 aliphatic carbocycles. The fraction of sp³-hybridized carbons (Fsp3) is 0.474. The molecular weight excluding hydrogens is 377 g/mol. The maximum absolute atomic E-state index is 13.3. The van der Waals surface area contributed by atoms with Crippen LogP contribution in [0.25, 0.3) is 0 Å². The van der Waals surface area contributed by atoms with E-state index in [1.807, 2.05) is 19.9 Å². The molecule has 4 nitrogen and oxygen atoms in total. The third-order valence-electron chi connectivity index (χ3n) is 4.82. The minimum atomic E-state index is -4.55. The molecule has 146 valence electrons. The molecule has 0 amide bonds. The number of nitrogens with zero attached hydrogens (tertiary/aromatic N) is 2. The zero-order valence-electron chi connectivity index (χ0n) is 15.3. The highest BCUT2D eigenvalue weighted by atomic mass is 35.5. The highest BCUT2D eigenvalue weighted by molar-refractivity contribution is 6.31. The van der Waals surface area contributed by atoms with Crippen molar-refractivity contribution in [2.24, 2.45) is 0 Å². The second-order valence-electron chi connectivity index (χ2n) is 6.93. The van der Waals surface area contributed by atoms with Gasteiger partial charge in [0.15, 0.2) is 5.69 Å². The van der Waals surface area contributed by atoms with Gasteiger partial charge >= 0.3 is 6.18 Å². The van der Waals surface area contributed by atoms with Crippen molar-refractivity contribution < 1.29 is 13.2 Å². The normalized spacial score (nSPS) is 15.6. The number of aromatic nitrogens is 2. The zero-order chi connectivity index (χ0) is 19.6. The van der Waals surface area contributed by atoms with E-state index in [0.29, 0.717) is 10.7 Å². The van der Waals surface area contributed by atoms with Crippen LogP contribution in [-0.4, -0.2) is 16.0 Å². The molecule has 1 heterocycles. The standard InChI is InChI=1S/C19H22ClF3N4/c1-11-8-9-14(20)12(2)17(11)26-16-10-15(19(21,22)23)25-18(27-16)24-13-6-4-3-5-7-13/h8-10,13H,3-7H2,1-2H3,(H2,24,25,26,27). The topological polar surface area (TPSA) is 49.8 Å². The van der Waals surface area contributed by atoms with Crippen LogP contribution >= 0.6 is 11.6 Å².